The summed E-state index contributed by atoms with van der Waals surface area (Å²) < 4.78 is 10.4. The molecule has 0 heterocycles. The quantitative estimate of drug-likeness (QED) is 0.824. The number of hydrogen-bond acceptors (Lipinski definition) is 4. The molecule has 0 radical (unpaired) electrons. The van der Waals surface area contributed by atoms with E-state index in [0.717, 1.165) is 0 Å². The second-order valence-corrected chi connectivity index (χ2v) is 4.74. The second kappa shape index (κ2) is 6.43. The van der Waals surface area contributed by atoms with Crippen LogP contribution in [-0.4, -0.2) is 25.3 Å². The lowest BCUT2D eigenvalue weighted by Crippen LogP contribution is -2.32. The van der Waals surface area contributed by atoms with Crippen molar-refractivity contribution in [3.63, 3.8) is 0 Å². The minimum atomic E-state index is -0.902. The fraction of sp³-hybridized carbons (Fsp3) is 0.500. The first-order chi connectivity index (χ1) is 8.92. The summed E-state index contributed by atoms with van der Waals surface area (Å²) in [5.74, 6) is -0.454. The summed E-state index contributed by atoms with van der Waals surface area (Å²) in [4.78, 5) is 11.3. The van der Waals surface area contributed by atoms with Gasteiger partial charge in [-0.1, -0.05) is 19.9 Å². The van der Waals surface area contributed by atoms with E-state index in [2.05, 4.69) is 0 Å². The van der Waals surface area contributed by atoms with Crippen LogP contribution in [0.1, 0.15) is 25.5 Å². The lowest BCUT2D eigenvalue weighted by atomic mass is 9.85. The Hall–Kier alpha value is -1.75. The van der Waals surface area contributed by atoms with Gasteiger partial charge in [-0.3, -0.25) is 4.79 Å². The van der Waals surface area contributed by atoms with Gasteiger partial charge in [0.15, 0.2) is 0 Å². The third kappa shape index (κ3) is 3.38. The van der Waals surface area contributed by atoms with Crippen LogP contribution in [0.15, 0.2) is 18.2 Å². The van der Waals surface area contributed by atoms with E-state index >= 15 is 0 Å². The van der Waals surface area contributed by atoms with E-state index < -0.39 is 17.9 Å². The second-order valence-electron chi connectivity index (χ2n) is 4.74. The fourth-order valence-electron chi connectivity index (χ4n) is 2.14. The van der Waals surface area contributed by atoms with Crippen LogP contribution < -0.4 is 15.2 Å². The molecular formula is C14H21NO4. The van der Waals surface area contributed by atoms with E-state index in [1.807, 2.05) is 13.8 Å². The molecule has 2 unspecified atom stereocenters. The van der Waals surface area contributed by atoms with Crippen LogP contribution in [-0.2, 0) is 4.79 Å². The van der Waals surface area contributed by atoms with E-state index in [4.69, 9.17) is 15.2 Å². The number of carbonyl (C=O) groups is 1. The van der Waals surface area contributed by atoms with Crippen LogP contribution in [0.5, 0.6) is 11.5 Å². The van der Waals surface area contributed by atoms with Crippen LogP contribution >= 0.6 is 0 Å². The number of methoxy groups -OCH3 is 2. The fourth-order valence-corrected chi connectivity index (χ4v) is 2.14. The SMILES string of the molecule is COc1ccc(C(N)C(C(=O)O)C(C)C)c(OC)c1. The van der Waals surface area contributed by atoms with Crippen molar-refractivity contribution in [2.24, 2.45) is 17.6 Å². The molecule has 0 saturated carbocycles. The first kappa shape index (κ1) is 15.3. The standard InChI is InChI=1S/C14H21NO4/c1-8(2)12(14(16)17)13(15)10-6-5-9(18-3)7-11(10)19-4/h5-8,12-13H,15H2,1-4H3,(H,16,17). The zero-order valence-corrected chi connectivity index (χ0v) is 11.7. The molecule has 0 aliphatic heterocycles. The highest BCUT2D eigenvalue weighted by Gasteiger charge is 2.31. The van der Waals surface area contributed by atoms with Gasteiger partial charge in [0.1, 0.15) is 11.5 Å². The van der Waals surface area contributed by atoms with E-state index in [0.29, 0.717) is 17.1 Å². The molecule has 5 heteroatoms. The Labute approximate surface area is 113 Å². The van der Waals surface area contributed by atoms with Gasteiger partial charge < -0.3 is 20.3 Å². The Kier molecular flexibility index (Phi) is 5.18. The average Bonchev–Trinajstić information content (AvgIpc) is 2.36. The van der Waals surface area contributed by atoms with Gasteiger partial charge in [-0.25, -0.2) is 0 Å². The van der Waals surface area contributed by atoms with Crippen LogP contribution in [0, 0.1) is 11.8 Å². The zero-order chi connectivity index (χ0) is 14.6. The number of aliphatic carboxylic acids is 1. The Morgan fingerprint density at radius 1 is 1.26 bits per heavy atom. The predicted molar refractivity (Wildman–Crippen MR) is 72.4 cm³/mol. The molecule has 0 bridgehead atoms. The van der Waals surface area contributed by atoms with Crippen LogP contribution in [0.4, 0.5) is 0 Å². The molecule has 0 spiro atoms. The van der Waals surface area contributed by atoms with Gasteiger partial charge in [0.05, 0.1) is 20.1 Å². The van der Waals surface area contributed by atoms with Gasteiger partial charge in [0.2, 0.25) is 0 Å². The monoisotopic (exact) mass is 267 g/mol. The summed E-state index contributed by atoms with van der Waals surface area (Å²) in [6.45, 7) is 3.68. The molecule has 1 aromatic rings. The van der Waals surface area contributed by atoms with Crippen molar-refractivity contribution < 1.29 is 19.4 Å². The topological polar surface area (TPSA) is 81.8 Å². The number of ether oxygens (including phenoxy) is 2. The van der Waals surface area contributed by atoms with Crippen molar-refractivity contribution in [2.75, 3.05) is 14.2 Å². The summed E-state index contributed by atoms with van der Waals surface area (Å²) in [7, 11) is 3.08. The number of nitrogens with two attached hydrogens (primary N) is 1. The van der Waals surface area contributed by atoms with Crippen LogP contribution in [0.25, 0.3) is 0 Å². The molecular weight excluding hydrogens is 246 g/mol. The maximum atomic E-state index is 11.3. The molecule has 106 valence electrons. The number of carboxylic acid groups (broad SMARTS) is 1. The van der Waals surface area contributed by atoms with Gasteiger partial charge in [0, 0.05) is 17.7 Å². The molecule has 19 heavy (non-hydrogen) atoms. The van der Waals surface area contributed by atoms with Gasteiger partial charge in [0.25, 0.3) is 0 Å². The van der Waals surface area contributed by atoms with E-state index in [1.54, 1.807) is 25.3 Å². The summed E-state index contributed by atoms with van der Waals surface area (Å²) >= 11 is 0. The minimum absolute atomic E-state index is 0.0701. The molecule has 2 atom stereocenters. The normalized spacial score (nSPS) is 14.0. The third-order valence-electron chi connectivity index (χ3n) is 3.19. The van der Waals surface area contributed by atoms with E-state index in [-0.39, 0.29) is 5.92 Å². The Balaban J connectivity index is 3.17. The van der Waals surface area contributed by atoms with Gasteiger partial charge in [-0.2, -0.15) is 0 Å². The maximum Gasteiger partial charge on any atom is 0.308 e. The number of carboxylic acids is 1. The largest absolute Gasteiger partial charge is 0.497 e. The molecule has 5 nitrogen and oxygen atoms in total. The molecule has 0 fully saturated rings. The zero-order valence-electron chi connectivity index (χ0n) is 11.7. The summed E-state index contributed by atoms with van der Waals surface area (Å²) in [5, 5.41) is 9.29. The molecule has 0 aliphatic carbocycles. The lowest BCUT2D eigenvalue weighted by molar-refractivity contribution is -0.144. The Morgan fingerprint density at radius 3 is 2.32 bits per heavy atom. The first-order valence-electron chi connectivity index (χ1n) is 6.12. The molecule has 0 aliphatic rings. The molecule has 0 aromatic heterocycles. The van der Waals surface area contributed by atoms with E-state index in [9.17, 15) is 9.90 Å². The van der Waals surface area contributed by atoms with Crippen molar-refractivity contribution >= 4 is 5.97 Å². The molecule has 0 saturated heterocycles. The number of benzene rings is 1. The first-order valence-corrected chi connectivity index (χ1v) is 6.12. The number of hydrogen-bond donors (Lipinski definition) is 2. The van der Waals surface area contributed by atoms with E-state index in [1.165, 1.54) is 7.11 Å². The van der Waals surface area contributed by atoms with Gasteiger partial charge in [-0.15, -0.1) is 0 Å². The van der Waals surface area contributed by atoms with Crippen molar-refractivity contribution in [3.8, 4) is 11.5 Å². The third-order valence-corrected chi connectivity index (χ3v) is 3.19. The summed E-state index contributed by atoms with van der Waals surface area (Å²) in [6, 6.07) is 4.57. The van der Waals surface area contributed by atoms with Gasteiger partial charge in [-0.05, 0) is 12.0 Å². The van der Waals surface area contributed by atoms with Crippen molar-refractivity contribution in [1.82, 2.24) is 0 Å². The highest BCUT2D eigenvalue weighted by Crippen LogP contribution is 2.34. The summed E-state index contributed by atoms with van der Waals surface area (Å²) in [5.41, 5.74) is 6.78. The smallest absolute Gasteiger partial charge is 0.308 e. The predicted octanol–water partition coefficient (Wildman–Crippen LogP) is 2.06. The van der Waals surface area contributed by atoms with Crippen LogP contribution in [0.2, 0.25) is 0 Å². The molecule has 0 amide bonds. The summed E-state index contributed by atoms with van der Waals surface area (Å²) in [6.07, 6.45) is 0. The molecule has 1 aromatic carbocycles. The lowest BCUT2D eigenvalue weighted by Gasteiger charge is -2.25. The average molecular weight is 267 g/mol. The molecule has 3 N–H and O–H groups in total. The van der Waals surface area contributed by atoms with Crippen molar-refractivity contribution in [1.29, 1.82) is 0 Å². The van der Waals surface area contributed by atoms with Crippen molar-refractivity contribution in [2.45, 2.75) is 19.9 Å². The highest BCUT2D eigenvalue weighted by molar-refractivity contribution is 5.72. The van der Waals surface area contributed by atoms with Crippen LogP contribution in [0.3, 0.4) is 0 Å². The maximum absolute atomic E-state index is 11.3. The van der Waals surface area contributed by atoms with Gasteiger partial charge >= 0.3 is 5.97 Å². The molecule has 1 rings (SSSR count). The highest BCUT2D eigenvalue weighted by atomic mass is 16.5. The Morgan fingerprint density at radius 2 is 1.89 bits per heavy atom. The number of rotatable bonds is 6. The van der Waals surface area contributed by atoms with Crippen molar-refractivity contribution in [3.05, 3.63) is 23.8 Å². The Bertz CT molecular complexity index is 445. The minimum Gasteiger partial charge on any atom is -0.497 e.